The van der Waals surface area contributed by atoms with Crippen molar-refractivity contribution in [2.24, 2.45) is 0 Å². The summed E-state index contributed by atoms with van der Waals surface area (Å²) in [6.45, 7) is 5.64. The normalized spacial score (nSPS) is 18.2. The zero-order chi connectivity index (χ0) is 18.1. The molecule has 2 rings (SSSR count). The molecule has 0 spiro atoms. The van der Waals surface area contributed by atoms with Gasteiger partial charge in [0.2, 0.25) is 0 Å². The van der Waals surface area contributed by atoms with Crippen LogP contribution in [0.25, 0.3) is 0 Å². The molecule has 0 radical (unpaired) electrons. The lowest BCUT2D eigenvalue weighted by Gasteiger charge is -2.39. The van der Waals surface area contributed by atoms with Gasteiger partial charge in [-0.05, 0) is 19.8 Å². The van der Waals surface area contributed by atoms with E-state index in [9.17, 15) is 23.1 Å². The Morgan fingerprint density at radius 1 is 1.33 bits per heavy atom. The fraction of sp³-hybridized carbons (Fsp3) is 0.750. The van der Waals surface area contributed by atoms with Gasteiger partial charge in [-0.25, -0.2) is 0 Å². The van der Waals surface area contributed by atoms with E-state index in [1.165, 1.54) is 11.1 Å². The summed E-state index contributed by atoms with van der Waals surface area (Å²) in [5.74, 6) is -0.325. The zero-order valence-electron chi connectivity index (χ0n) is 14.2. The van der Waals surface area contributed by atoms with Crippen LogP contribution >= 0.6 is 0 Å². The fourth-order valence-electron chi connectivity index (χ4n) is 3.17. The Kier molecular flexibility index (Phi) is 5.27. The van der Waals surface area contributed by atoms with Gasteiger partial charge in [-0.2, -0.15) is 18.3 Å². The van der Waals surface area contributed by atoms with E-state index < -0.39 is 24.6 Å². The Morgan fingerprint density at radius 3 is 2.33 bits per heavy atom. The molecule has 1 N–H and O–H groups in total. The lowest BCUT2D eigenvalue weighted by molar-refractivity contribution is -0.271. The number of halogens is 3. The van der Waals surface area contributed by atoms with Gasteiger partial charge >= 0.3 is 6.18 Å². The van der Waals surface area contributed by atoms with Crippen molar-refractivity contribution in [3.63, 3.8) is 0 Å². The molecule has 136 valence electrons. The first-order valence-electron chi connectivity index (χ1n) is 8.27. The van der Waals surface area contributed by atoms with E-state index in [1.807, 2.05) is 18.5 Å². The second kappa shape index (κ2) is 6.74. The van der Waals surface area contributed by atoms with Crippen LogP contribution in [0.3, 0.4) is 0 Å². The van der Waals surface area contributed by atoms with Crippen molar-refractivity contribution < 1.29 is 23.1 Å². The molecule has 1 saturated heterocycles. The van der Waals surface area contributed by atoms with Crippen molar-refractivity contribution in [1.82, 2.24) is 14.7 Å². The molecule has 0 aromatic carbocycles. The molecule has 1 aliphatic rings. The van der Waals surface area contributed by atoms with Crippen LogP contribution in [0.15, 0.2) is 6.20 Å². The minimum absolute atomic E-state index is 0.121. The highest BCUT2D eigenvalue weighted by Gasteiger charge is 2.55. The minimum atomic E-state index is -4.67. The molecule has 1 fully saturated rings. The van der Waals surface area contributed by atoms with Gasteiger partial charge in [-0.15, -0.1) is 0 Å². The Labute approximate surface area is 139 Å². The number of aliphatic hydroxyl groups is 1. The molecule has 0 unspecified atom stereocenters. The molecular weight excluding hydrogens is 323 g/mol. The Balaban J connectivity index is 2.12. The molecular formula is C16H24F3N3O2. The predicted molar refractivity (Wildman–Crippen MR) is 82.7 cm³/mol. The molecule has 8 heteroatoms. The quantitative estimate of drug-likeness (QED) is 0.911. The minimum Gasteiger partial charge on any atom is -0.380 e. The van der Waals surface area contributed by atoms with Gasteiger partial charge in [-0.3, -0.25) is 9.48 Å². The smallest absolute Gasteiger partial charge is 0.380 e. The van der Waals surface area contributed by atoms with Crippen LogP contribution in [0.2, 0.25) is 0 Å². The van der Waals surface area contributed by atoms with E-state index in [-0.39, 0.29) is 25.0 Å². The third-order valence-corrected chi connectivity index (χ3v) is 4.97. The van der Waals surface area contributed by atoms with Crippen LogP contribution in [0.4, 0.5) is 13.2 Å². The van der Waals surface area contributed by atoms with Crippen LogP contribution in [-0.2, 0) is 0 Å². The standard InChI is InChI=1S/C16H24F3N3O2/c1-4-12(5-2)22-11(3)13(10-20-22)14(23)21-8-6-15(24,7-9-21)16(17,18)19/h10,12,24H,4-9H2,1-3H3. The summed E-state index contributed by atoms with van der Waals surface area (Å²) in [6.07, 6.45) is -2.41. The summed E-state index contributed by atoms with van der Waals surface area (Å²) < 4.78 is 40.3. The Hall–Kier alpha value is -1.57. The van der Waals surface area contributed by atoms with E-state index in [2.05, 4.69) is 5.10 Å². The first-order chi connectivity index (χ1) is 11.1. The van der Waals surface area contributed by atoms with Gasteiger partial charge in [0.15, 0.2) is 5.60 Å². The zero-order valence-corrected chi connectivity index (χ0v) is 14.2. The van der Waals surface area contributed by atoms with Crippen molar-refractivity contribution in [3.8, 4) is 0 Å². The molecule has 1 aliphatic heterocycles. The fourth-order valence-corrected chi connectivity index (χ4v) is 3.17. The number of aromatic nitrogens is 2. The third kappa shape index (κ3) is 3.29. The number of carbonyl (C=O) groups is 1. The van der Waals surface area contributed by atoms with Crippen LogP contribution in [0.5, 0.6) is 0 Å². The number of piperidine rings is 1. The summed E-state index contributed by atoms with van der Waals surface area (Å²) in [7, 11) is 0. The molecule has 0 bridgehead atoms. The van der Waals surface area contributed by atoms with Gasteiger partial charge < -0.3 is 10.0 Å². The molecule has 2 heterocycles. The molecule has 24 heavy (non-hydrogen) atoms. The first-order valence-corrected chi connectivity index (χ1v) is 8.27. The number of amides is 1. The van der Waals surface area contributed by atoms with Crippen molar-refractivity contribution in [2.75, 3.05) is 13.1 Å². The molecule has 5 nitrogen and oxygen atoms in total. The number of rotatable bonds is 4. The lowest BCUT2D eigenvalue weighted by atomic mass is 9.90. The average Bonchev–Trinajstić information content (AvgIpc) is 2.90. The average molecular weight is 347 g/mol. The second-order valence-electron chi connectivity index (χ2n) is 6.38. The van der Waals surface area contributed by atoms with Gasteiger partial charge in [0.25, 0.3) is 5.91 Å². The summed E-state index contributed by atoms with van der Waals surface area (Å²) >= 11 is 0. The van der Waals surface area contributed by atoms with E-state index in [4.69, 9.17) is 0 Å². The summed E-state index contributed by atoms with van der Waals surface area (Å²) in [4.78, 5) is 14.0. The van der Waals surface area contributed by atoms with Crippen molar-refractivity contribution in [3.05, 3.63) is 17.5 Å². The van der Waals surface area contributed by atoms with Crippen LogP contribution in [-0.4, -0.2) is 50.6 Å². The number of hydrogen-bond donors (Lipinski definition) is 1. The first kappa shape index (κ1) is 18.8. The Bertz CT molecular complexity index is 586. The van der Waals surface area contributed by atoms with Gasteiger partial charge in [-0.1, -0.05) is 13.8 Å². The highest BCUT2D eigenvalue weighted by Crippen LogP contribution is 2.38. The van der Waals surface area contributed by atoms with Gasteiger partial charge in [0.05, 0.1) is 17.8 Å². The lowest BCUT2D eigenvalue weighted by Crippen LogP contribution is -2.54. The highest BCUT2D eigenvalue weighted by molar-refractivity contribution is 5.95. The maximum absolute atomic E-state index is 12.8. The SMILES string of the molecule is CCC(CC)n1ncc(C(=O)N2CCC(O)(C(F)(F)F)CC2)c1C. The van der Waals surface area contributed by atoms with Gasteiger partial charge in [0.1, 0.15) is 0 Å². The van der Waals surface area contributed by atoms with E-state index in [1.54, 1.807) is 6.92 Å². The van der Waals surface area contributed by atoms with Crippen LogP contribution in [0.1, 0.15) is 61.6 Å². The van der Waals surface area contributed by atoms with Crippen molar-refractivity contribution >= 4 is 5.91 Å². The summed E-state index contributed by atoms with van der Waals surface area (Å²) in [5, 5.41) is 14.0. The second-order valence-corrected chi connectivity index (χ2v) is 6.38. The number of alkyl halides is 3. The van der Waals surface area contributed by atoms with Crippen LogP contribution < -0.4 is 0 Å². The highest BCUT2D eigenvalue weighted by atomic mass is 19.4. The monoisotopic (exact) mass is 347 g/mol. The number of hydrogen-bond acceptors (Lipinski definition) is 3. The Morgan fingerprint density at radius 2 is 1.88 bits per heavy atom. The third-order valence-electron chi connectivity index (χ3n) is 4.97. The summed E-state index contributed by atoms with van der Waals surface area (Å²) in [6, 6.07) is 0.197. The van der Waals surface area contributed by atoms with E-state index in [0.29, 0.717) is 5.56 Å². The molecule has 1 aromatic rings. The van der Waals surface area contributed by atoms with Gasteiger partial charge in [0, 0.05) is 31.6 Å². The molecule has 1 aromatic heterocycles. The molecule has 0 atom stereocenters. The van der Waals surface area contributed by atoms with Crippen molar-refractivity contribution in [1.29, 1.82) is 0 Å². The molecule has 0 aliphatic carbocycles. The van der Waals surface area contributed by atoms with Crippen LogP contribution in [0, 0.1) is 6.92 Å². The van der Waals surface area contributed by atoms with Crippen molar-refractivity contribution in [2.45, 2.75) is 64.3 Å². The summed E-state index contributed by atoms with van der Waals surface area (Å²) in [5.41, 5.74) is -1.55. The van der Waals surface area contributed by atoms with E-state index in [0.717, 1.165) is 18.5 Å². The number of nitrogens with zero attached hydrogens (tertiary/aromatic N) is 3. The number of likely N-dealkylation sites (tertiary alicyclic amines) is 1. The van der Waals surface area contributed by atoms with E-state index >= 15 is 0 Å². The maximum atomic E-state index is 12.8. The number of carbonyl (C=O) groups excluding carboxylic acids is 1. The molecule has 1 amide bonds. The maximum Gasteiger partial charge on any atom is 0.417 e. The largest absolute Gasteiger partial charge is 0.417 e. The topological polar surface area (TPSA) is 58.4 Å². The predicted octanol–water partition coefficient (Wildman–Crippen LogP) is 3.08. The molecule has 0 saturated carbocycles.